The number of alkyl halides is 3. The predicted octanol–water partition coefficient (Wildman–Crippen LogP) is 5.97. The molecule has 1 atom stereocenters. The van der Waals surface area contributed by atoms with Gasteiger partial charge in [0.25, 0.3) is 10.1 Å². The summed E-state index contributed by atoms with van der Waals surface area (Å²) in [5.74, 6) is -2.61. The highest BCUT2D eigenvalue weighted by Gasteiger charge is 2.37. The third-order valence-corrected chi connectivity index (χ3v) is 6.75. The molecule has 1 aliphatic rings. The SMILES string of the molecule is COS(=O)(=O)c1ccc(C)cc1C1Cc2cc(C(F)(F)F)cc(-c3cccc(F)c3F)c2O1. The fourth-order valence-electron chi connectivity index (χ4n) is 3.85. The summed E-state index contributed by atoms with van der Waals surface area (Å²) in [5, 5.41) is 0. The Bertz CT molecular complexity index is 1350. The summed E-state index contributed by atoms with van der Waals surface area (Å²) in [6, 6.07) is 9.16. The Balaban J connectivity index is 1.90. The summed E-state index contributed by atoms with van der Waals surface area (Å²) in [7, 11) is -3.16. The van der Waals surface area contributed by atoms with Crippen molar-refractivity contribution in [2.45, 2.75) is 30.5 Å². The van der Waals surface area contributed by atoms with Crippen molar-refractivity contribution in [3.05, 3.63) is 82.4 Å². The summed E-state index contributed by atoms with van der Waals surface area (Å²) in [6.07, 6.45) is -5.85. The second-order valence-electron chi connectivity index (χ2n) is 7.58. The van der Waals surface area contributed by atoms with Crippen LogP contribution >= 0.6 is 0 Å². The lowest BCUT2D eigenvalue weighted by Gasteiger charge is -2.17. The average Bonchev–Trinajstić information content (AvgIpc) is 3.18. The van der Waals surface area contributed by atoms with E-state index in [0.717, 1.165) is 25.3 Å². The lowest BCUT2D eigenvalue weighted by atomic mass is 9.95. The largest absolute Gasteiger partial charge is 0.484 e. The Hall–Kier alpha value is -2.98. The quantitative estimate of drug-likeness (QED) is 0.338. The Morgan fingerprint density at radius 1 is 1.03 bits per heavy atom. The molecule has 0 aromatic heterocycles. The lowest BCUT2D eigenvalue weighted by Crippen LogP contribution is -2.12. The molecule has 0 aliphatic carbocycles. The van der Waals surface area contributed by atoms with Crippen molar-refractivity contribution >= 4 is 10.1 Å². The molecule has 33 heavy (non-hydrogen) atoms. The first-order valence-electron chi connectivity index (χ1n) is 9.68. The Morgan fingerprint density at radius 3 is 2.42 bits per heavy atom. The first-order valence-corrected chi connectivity index (χ1v) is 11.1. The molecule has 0 amide bonds. The minimum Gasteiger partial charge on any atom is -0.484 e. The number of halogens is 5. The van der Waals surface area contributed by atoms with Gasteiger partial charge in [-0.15, -0.1) is 0 Å². The Kier molecular flexibility index (Phi) is 5.69. The van der Waals surface area contributed by atoms with E-state index in [1.165, 1.54) is 18.2 Å². The zero-order valence-electron chi connectivity index (χ0n) is 17.3. The smallest absolute Gasteiger partial charge is 0.416 e. The summed E-state index contributed by atoms with van der Waals surface area (Å²) >= 11 is 0. The second-order valence-corrected chi connectivity index (χ2v) is 9.27. The number of ether oxygens (including phenoxy) is 1. The van der Waals surface area contributed by atoms with Gasteiger partial charge in [0.2, 0.25) is 0 Å². The molecular weight excluding hydrogens is 467 g/mol. The van der Waals surface area contributed by atoms with E-state index in [0.29, 0.717) is 11.6 Å². The van der Waals surface area contributed by atoms with Gasteiger partial charge in [0, 0.05) is 23.1 Å². The van der Waals surface area contributed by atoms with Crippen LogP contribution in [0.15, 0.2) is 53.4 Å². The molecule has 4 rings (SSSR count). The Morgan fingerprint density at radius 2 is 1.76 bits per heavy atom. The highest BCUT2D eigenvalue weighted by molar-refractivity contribution is 7.86. The topological polar surface area (TPSA) is 52.6 Å². The van der Waals surface area contributed by atoms with Crippen LogP contribution in [0.1, 0.15) is 28.4 Å². The van der Waals surface area contributed by atoms with Crippen molar-refractivity contribution in [2.24, 2.45) is 0 Å². The summed E-state index contributed by atoms with van der Waals surface area (Å²) in [6.45, 7) is 1.71. The van der Waals surface area contributed by atoms with Gasteiger partial charge in [-0.2, -0.15) is 21.6 Å². The molecule has 1 aliphatic heterocycles. The molecule has 3 aromatic carbocycles. The molecule has 0 bridgehead atoms. The summed E-state index contributed by atoms with van der Waals surface area (Å²) in [4.78, 5) is -0.192. The van der Waals surface area contributed by atoms with E-state index < -0.39 is 45.2 Å². The molecule has 174 valence electrons. The van der Waals surface area contributed by atoms with Gasteiger partial charge in [-0.05, 0) is 36.8 Å². The van der Waals surface area contributed by atoms with Gasteiger partial charge in [-0.1, -0.05) is 29.8 Å². The van der Waals surface area contributed by atoms with Crippen LogP contribution < -0.4 is 4.74 Å². The van der Waals surface area contributed by atoms with E-state index in [-0.39, 0.29) is 33.8 Å². The first kappa shape index (κ1) is 23.2. The molecule has 4 nitrogen and oxygen atoms in total. The maximum absolute atomic E-state index is 14.5. The Labute approximate surface area is 186 Å². The molecule has 3 aromatic rings. The fourth-order valence-corrected chi connectivity index (χ4v) is 4.74. The molecule has 1 unspecified atom stereocenters. The van der Waals surface area contributed by atoms with Gasteiger partial charge in [-0.3, -0.25) is 4.18 Å². The third-order valence-electron chi connectivity index (χ3n) is 5.40. The maximum Gasteiger partial charge on any atom is 0.416 e. The molecule has 0 fully saturated rings. The van der Waals surface area contributed by atoms with Gasteiger partial charge < -0.3 is 4.74 Å². The minimum atomic E-state index is -4.75. The van der Waals surface area contributed by atoms with Crippen LogP contribution in [0.5, 0.6) is 5.75 Å². The van der Waals surface area contributed by atoms with Crippen LogP contribution in [0.4, 0.5) is 22.0 Å². The van der Waals surface area contributed by atoms with Crippen LogP contribution in [0.3, 0.4) is 0 Å². The first-order chi connectivity index (χ1) is 15.4. The number of fused-ring (bicyclic) bond motifs is 1. The highest BCUT2D eigenvalue weighted by atomic mass is 32.2. The molecule has 0 radical (unpaired) electrons. The molecule has 10 heteroatoms. The van der Waals surface area contributed by atoms with Gasteiger partial charge in [0.1, 0.15) is 16.7 Å². The molecule has 0 saturated carbocycles. The molecular formula is C23H17F5O4S. The van der Waals surface area contributed by atoms with Crippen LogP contribution in [-0.4, -0.2) is 15.5 Å². The number of rotatable bonds is 4. The third kappa shape index (κ3) is 4.20. The zero-order valence-corrected chi connectivity index (χ0v) is 18.2. The van der Waals surface area contributed by atoms with Crippen LogP contribution in [-0.2, 0) is 26.9 Å². The van der Waals surface area contributed by atoms with E-state index in [2.05, 4.69) is 4.18 Å². The zero-order chi connectivity index (χ0) is 24.1. The normalized spacial score (nSPS) is 15.9. The van der Waals surface area contributed by atoms with Crippen molar-refractivity contribution in [3.8, 4) is 16.9 Å². The maximum atomic E-state index is 14.5. The van der Waals surface area contributed by atoms with E-state index in [4.69, 9.17) is 4.74 Å². The van der Waals surface area contributed by atoms with E-state index in [1.54, 1.807) is 13.0 Å². The second kappa shape index (κ2) is 8.11. The van der Waals surface area contributed by atoms with Crippen LogP contribution in [0, 0.1) is 18.6 Å². The van der Waals surface area contributed by atoms with Crippen LogP contribution in [0.25, 0.3) is 11.1 Å². The fraction of sp³-hybridized carbons (Fsp3) is 0.217. The van der Waals surface area contributed by atoms with E-state index in [1.807, 2.05) is 0 Å². The van der Waals surface area contributed by atoms with Gasteiger partial charge >= 0.3 is 6.18 Å². The van der Waals surface area contributed by atoms with Gasteiger partial charge in [0.15, 0.2) is 11.6 Å². The molecule has 0 saturated heterocycles. The van der Waals surface area contributed by atoms with E-state index in [9.17, 15) is 30.4 Å². The van der Waals surface area contributed by atoms with Gasteiger partial charge in [-0.25, -0.2) is 8.78 Å². The van der Waals surface area contributed by atoms with Crippen LogP contribution in [0.2, 0.25) is 0 Å². The minimum absolute atomic E-state index is 0.0697. The molecule has 1 heterocycles. The van der Waals surface area contributed by atoms with Crippen molar-refractivity contribution in [1.29, 1.82) is 0 Å². The number of benzene rings is 3. The molecule has 0 spiro atoms. The van der Waals surface area contributed by atoms with Crippen molar-refractivity contribution < 1.29 is 39.3 Å². The number of aryl methyl sites for hydroxylation is 1. The van der Waals surface area contributed by atoms with Crippen molar-refractivity contribution in [3.63, 3.8) is 0 Å². The standard InChI is InChI=1S/C23H17F5O4S/c1-12-6-7-20(33(29,30)31-2)17(8-12)19-10-13-9-14(23(26,27)28)11-16(22(13)32-19)15-4-3-5-18(24)21(15)25/h3-9,11,19H,10H2,1-2H3. The lowest BCUT2D eigenvalue weighted by molar-refractivity contribution is -0.137. The van der Waals surface area contributed by atoms with Crippen molar-refractivity contribution in [2.75, 3.05) is 7.11 Å². The highest BCUT2D eigenvalue weighted by Crippen LogP contribution is 2.48. The number of hydrogen-bond donors (Lipinski definition) is 0. The number of hydrogen-bond acceptors (Lipinski definition) is 4. The average molecular weight is 484 g/mol. The summed E-state index contributed by atoms with van der Waals surface area (Å²) in [5.41, 5.74) is -0.761. The van der Waals surface area contributed by atoms with E-state index >= 15 is 0 Å². The van der Waals surface area contributed by atoms with Gasteiger partial charge in [0.05, 0.1) is 12.7 Å². The monoisotopic (exact) mass is 484 g/mol. The predicted molar refractivity (Wildman–Crippen MR) is 109 cm³/mol. The summed E-state index contributed by atoms with van der Waals surface area (Å²) < 4.78 is 104. The molecule has 0 N–H and O–H groups in total. The van der Waals surface area contributed by atoms with Crippen molar-refractivity contribution in [1.82, 2.24) is 0 Å².